The number of azo groups is 1. The van der Waals surface area contributed by atoms with Crippen LogP contribution in [0.3, 0.4) is 0 Å². The molecule has 1 aliphatic rings. The Bertz CT molecular complexity index is 1360. The Kier molecular flexibility index (Phi) is 5.20. The van der Waals surface area contributed by atoms with E-state index < -0.39 is 6.04 Å². The Labute approximate surface area is 188 Å². The van der Waals surface area contributed by atoms with Crippen LogP contribution in [0.25, 0.3) is 22.0 Å². The van der Waals surface area contributed by atoms with Gasteiger partial charge in [0.05, 0.1) is 24.2 Å². The van der Waals surface area contributed by atoms with E-state index in [0.717, 1.165) is 27.8 Å². The van der Waals surface area contributed by atoms with Gasteiger partial charge in [-0.3, -0.25) is 4.79 Å². The minimum atomic E-state index is -0.755. The van der Waals surface area contributed by atoms with Crippen molar-refractivity contribution in [3.63, 3.8) is 0 Å². The van der Waals surface area contributed by atoms with Crippen molar-refractivity contribution in [2.45, 2.75) is 13.0 Å². The van der Waals surface area contributed by atoms with Crippen LogP contribution in [0.2, 0.25) is 0 Å². The van der Waals surface area contributed by atoms with Gasteiger partial charge in [-0.05, 0) is 54.1 Å². The summed E-state index contributed by atoms with van der Waals surface area (Å²) in [4.78, 5) is 17.6. The van der Waals surface area contributed by atoms with Gasteiger partial charge in [-0.1, -0.05) is 30.3 Å². The molecule has 158 valence electrons. The summed E-state index contributed by atoms with van der Waals surface area (Å²) < 4.78 is 5.20. The highest BCUT2D eigenvalue weighted by molar-refractivity contribution is 7.14. The molecule has 0 aliphatic carbocycles. The van der Waals surface area contributed by atoms with Gasteiger partial charge in [0.2, 0.25) is 5.13 Å². The van der Waals surface area contributed by atoms with Gasteiger partial charge in [0.25, 0.3) is 5.91 Å². The lowest BCUT2D eigenvalue weighted by molar-refractivity contribution is -0.117. The average molecular weight is 442 g/mol. The summed E-state index contributed by atoms with van der Waals surface area (Å²) in [6, 6.07) is 20.7. The number of carbonyl (C=O) groups is 1. The molecular formula is C24H19N5O2S. The lowest BCUT2D eigenvalue weighted by Gasteiger charge is -2.08. The molecule has 1 aliphatic heterocycles. The molecule has 1 aromatic heterocycles. The third-order valence-electron chi connectivity index (χ3n) is 5.18. The number of nitrogens with zero attached hydrogens (tertiary/aromatic N) is 5. The first kappa shape index (κ1) is 20.0. The Hall–Kier alpha value is -3.91. The van der Waals surface area contributed by atoms with Crippen molar-refractivity contribution >= 4 is 44.5 Å². The van der Waals surface area contributed by atoms with E-state index in [2.05, 4.69) is 20.3 Å². The van der Waals surface area contributed by atoms with Crippen LogP contribution in [0.1, 0.15) is 6.92 Å². The largest absolute Gasteiger partial charge is 0.497 e. The maximum absolute atomic E-state index is 13.0. The molecular weight excluding hydrogens is 422 g/mol. The van der Waals surface area contributed by atoms with Gasteiger partial charge >= 0.3 is 0 Å². The number of benzene rings is 3. The number of hydrazone groups is 1. The zero-order valence-corrected chi connectivity index (χ0v) is 18.3. The normalized spacial score (nSPS) is 16.2. The zero-order valence-electron chi connectivity index (χ0n) is 17.5. The summed E-state index contributed by atoms with van der Waals surface area (Å²) in [6.45, 7) is 1.78. The van der Waals surface area contributed by atoms with Gasteiger partial charge in [-0.2, -0.15) is 20.3 Å². The number of amides is 1. The Morgan fingerprint density at radius 3 is 2.59 bits per heavy atom. The fourth-order valence-electron chi connectivity index (χ4n) is 3.45. The minimum Gasteiger partial charge on any atom is -0.497 e. The minimum absolute atomic E-state index is 0.261. The highest BCUT2D eigenvalue weighted by atomic mass is 32.1. The van der Waals surface area contributed by atoms with E-state index in [9.17, 15) is 4.79 Å². The molecule has 1 unspecified atom stereocenters. The molecule has 0 fully saturated rings. The number of methoxy groups -OCH3 is 1. The van der Waals surface area contributed by atoms with E-state index >= 15 is 0 Å². The number of thiazole rings is 1. The highest BCUT2D eigenvalue weighted by Crippen LogP contribution is 2.31. The Morgan fingerprint density at radius 2 is 1.81 bits per heavy atom. The summed E-state index contributed by atoms with van der Waals surface area (Å²) >= 11 is 1.36. The van der Waals surface area contributed by atoms with Crippen molar-refractivity contribution in [3.05, 3.63) is 72.1 Å². The molecule has 0 saturated heterocycles. The van der Waals surface area contributed by atoms with Gasteiger partial charge in [-0.15, -0.1) is 11.3 Å². The third kappa shape index (κ3) is 3.76. The molecule has 3 aromatic carbocycles. The SMILES string of the molecule is COc1ccc(-c2csc(N3N=C(C)C(N=Nc4ccc5ccccc5c4)C3=O)n2)cc1. The molecule has 7 nitrogen and oxygen atoms in total. The van der Waals surface area contributed by atoms with Crippen molar-refractivity contribution in [2.75, 3.05) is 12.1 Å². The monoisotopic (exact) mass is 441 g/mol. The molecule has 0 bridgehead atoms. The summed E-state index contributed by atoms with van der Waals surface area (Å²) in [5.41, 5.74) is 2.99. The van der Waals surface area contributed by atoms with Gasteiger partial charge in [0, 0.05) is 10.9 Å². The number of hydrogen-bond acceptors (Lipinski definition) is 7. The second-order valence-electron chi connectivity index (χ2n) is 7.28. The van der Waals surface area contributed by atoms with Crippen molar-refractivity contribution in [1.82, 2.24) is 4.98 Å². The summed E-state index contributed by atoms with van der Waals surface area (Å²) in [7, 11) is 1.63. The van der Waals surface area contributed by atoms with Crippen LogP contribution in [0, 0.1) is 0 Å². The van der Waals surface area contributed by atoms with Crippen molar-refractivity contribution in [2.24, 2.45) is 15.3 Å². The topological polar surface area (TPSA) is 79.5 Å². The zero-order chi connectivity index (χ0) is 22.1. The van der Waals surface area contributed by atoms with Gasteiger partial charge in [-0.25, -0.2) is 4.98 Å². The molecule has 32 heavy (non-hydrogen) atoms. The van der Waals surface area contributed by atoms with Crippen molar-refractivity contribution < 1.29 is 9.53 Å². The van der Waals surface area contributed by atoms with Crippen LogP contribution in [0.4, 0.5) is 10.8 Å². The fourth-order valence-corrected chi connectivity index (χ4v) is 4.23. The molecule has 0 radical (unpaired) electrons. The number of aromatic nitrogens is 1. The predicted octanol–water partition coefficient (Wildman–Crippen LogP) is 5.85. The van der Waals surface area contributed by atoms with Crippen LogP contribution in [0.15, 0.2) is 87.4 Å². The predicted molar refractivity (Wildman–Crippen MR) is 127 cm³/mol. The van der Waals surface area contributed by atoms with Gasteiger partial charge in [0.15, 0.2) is 6.04 Å². The first-order valence-corrected chi connectivity index (χ1v) is 10.9. The van der Waals surface area contributed by atoms with Crippen LogP contribution in [-0.4, -0.2) is 29.8 Å². The number of ether oxygens (including phenoxy) is 1. The lowest BCUT2D eigenvalue weighted by atomic mass is 10.1. The maximum Gasteiger partial charge on any atom is 0.282 e. The average Bonchev–Trinajstić information content (AvgIpc) is 3.42. The molecule has 5 rings (SSSR count). The lowest BCUT2D eigenvalue weighted by Crippen LogP contribution is -2.29. The third-order valence-corrected chi connectivity index (χ3v) is 5.99. The van der Waals surface area contributed by atoms with E-state index in [1.165, 1.54) is 16.3 Å². The van der Waals surface area contributed by atoms with E-state index in [1.54, 1.807) is 14.0 Å². The first-order chi connectivity index (χ1) is 15.6. The van der Waals surface area contributed by atoms with Crippen LogP contribution in [-0.2, 0) is 4.79 Å². The smallest absolute Gasteiger partial charge is 0.282 e. The number of anilines is 1. The number of fused-ring (bicyclic) bond motifs is 1. The van der Waals surface area contributed by atoms with E-state index in [4.69, 9.17) is 4.74 Å². The van der Waals surface area contributed by atoms with Crippen molar-refractivity contribution in [1.29, 1.82) is 0 Å². The standard InChI is InChI=1S/C24H19N5O2S/c1-15-22(27-26-19-10-7-16-5-3-4-6-18(16)13-19)23(30)29(28-15)24-25-21(14-32-24)17-8-11-20(31-2)12-9-17/h3-14,22H,1-2H3. The van der Waals surface area contributed by atoms with Crippen LogP contribution < -0.4 is 9.75 Å². The molecule has 1 amide bonds. The molecule has 0 spiro atoms. The molecule has 4 aromatic rings. The van der Waals surface area contributed by atoms with Crippen LogP contribution in [0.5, 0.6) is 5.75 Å². The van der Waals surface area contributed by atoms with Gasteiger partial charge in [0.1, 0.15) is 5.75 Å². The molecule has 0 saturated carbocycles. The first-order valence-electron chi connectivity index (χ1n) is 10.0. The van der Waals surface area contributed by atoms with E-state index in [0.29, 0.717) is 16.5 Å². The Morgan fingerprint density at radius 1 is 1.03 bits per heavy atom. The van der Waals surface area contributed by atoms with E-state index in [1.807, 2.05) is 72.1 Å². The van der Waals surface area contributed by atoms with Crippen molar-refractivity contribution in [3.8, 4) is 17.0 Å². The van der Waals surface area contributed by atoms with E-state index in [-0.39, 0.29) is 5.91 Å². The number of rotatable bonds is 5. The fraction of sp³-hybridized carbons (Fsp3) is 0.125. The second kappa shape index (κ2) is 8.32. The highest BCUT2D eigenvalue weighted by Gasteiger charge is 2.36. The summed E-state index contributed by atoms with van der Waals surface area (Å²) in [5, 5.41) is 18.9. The van der Waals surface area contributed by atoms with Crippen LogP contribution >= 0.6 is 11.3 Å². The molecule has 1 atom stereocenters. The van der Waals surface area contributed by atoms with Gasteiger partial charge < -0.3 is 4.74 Å². The molecule has 0 N–H and O–H groups in total. The number of carbonyl (C=O) groups excluding carboxylic acids is 1. The Balaban J connectivity index is 1.35. The summed E-state index contributed by atoms with van der Waals surface area (Å²) in [6.07, 6.45) is 0. The molecule has 2 heterocycles. The quantitative estimate of drug-likeness (QED) is 0.365. The molecule has 8 heteroatoms. The second-order valence-corrected chi connectivity index (χ2v) is 8.12. The number of hydrogen-bond donors (Lipinski definition) is 0. The maximum atomic E-state index is 13.0. The summed E-state index contributed by atoms with van der Waals surface area (Å²) in [5.74, 6) is 0.515.